The number of carboxylic acid groups (broad SMARTS) is 1. The van der Waals surface area contributed by atoms with Gasteiger partial charge in [0.05, 0.1) is 6.42 Å². The third-order valence-corrected chi connectivity index (χ3v) is 4.08. The topological polar surface area (TPSA) is 60.9 Å². The van der Waals surface area contributed by atoms with E-state index >= 15 is 0 Å². The molecule has 1 N–H and O–H groups in total. The Kier molecular flexibility index (Phi) is 4.89. The summed E-state index contributed by atoms with van der Waals surface area (Å²) in [7, 11) is 0. The van der Waals surface area contributed by atoms with Crippen molar-refractivity contribution in [3.8, 4) is 0 Å². The fourth-order valence-electron chi connectivity index (χ4n) is 2.99. The van der Waals surface area contributed by atoms with Gasteiger partial charge in [-0.25, -0.2) is 4.79 Å². The Labute approximate surface area is 120 Å². The Bertz CT molecular complexity index is 366. The quantitative estimate of drug-likeness (QED) is 0.843. The lowest BCUT2D eigenvalue weighted by atomic mass is 9.99. The van der Waals surface area contributed by atoms with Gasteiger partial charge in [-0.3, -0.25) is 4.79 Å². The summed E-state index contributed by atoms with van der Waals surface area (Å²) in [5.41, 5.74) is 0. The second-order valence-electron chi connectivity index (χ2n) is 6.50. The first kappa shape index (κ1) is 15.1. The summed E-state index contributed by atoms with van der Waals surface area (Å²) >= 11 is 0. The van der Waals surface area contributed by atoms with E-state index in [1.54, 1.807) is 0 Å². The molecule has 1 saturated carbocycles. The lowest BCUT2D eigenvalue weighted by Gasteiger charge is -2.39. The molecule has 2 aliphatic rings. The molecule has 0 aromatic carbocycles. The number of urea groups is 1. The third-order valence-electron chi connectivity index (χ3n) is 4.08. The minimum absolute atomic E-state index is 0.0622. The molecule has 0 aromatic heterocycles. The van der Waals surface area contributed by atoms with E-state index in [1.807, 2.05) is 9.80 Å². The van der Waals surface area contributed by atoms with Gasteiger partial charge in [-0.1, -0.05) is 13.8 Å². The molecule has 5 nitrogen and oxygen atoms in total. The van der Waals surface area contributed by atoms with E-state index in [0.717, 1.165) is 38.6 Å². The highest BCUT2D eigenvalue weighted by molar-refractivity contribution is 5.77. The standard InChI is InChI=1S/C15H26N2O3/c1-11(2)10-17(12-6-7-12)15(20)16-8-4-3-5-13(16)9-14(18)19/h11-13H,3-10H2,1-2H3,(H,18,19). The van der Waals surface area contributed by atoms with E-state index in [2.05, 4.69) is 13.8 Å². The van der Waals surface area contributed by atoms with Gasteiger partial charge < -0.3 is 14.9 Å². The first-order chi connectivity index (χ1) is 9.49. The number of nitrogens with zero attached hydrogens (tertiary/aromatic N) is 2. The zero-order valence-corrected chi connectivity index (χ0v) is 12.5. The van der Waals surface area contributed by atoms with Gasteiger partial charge >= 0.3 is 12.0 Å². The average Bonchev–Trinajstić information content (AvgIpc) is 3.19. The van der Waals surface area contributed by atoms with Crippen molar-refractivity contribution in [1.82, 2.24) is 9.80 Å². The molecular formula is C15H26N2O3. The summed E-state index contributed by atoms with van der Waals surface area (Å²) in [5.74, 6) is -0.362. The maximum absolute atomic E-state index is 12.8. The first-order valence-electron chi connectivity index (χ1n) is 7.78. The van der Waals surface area contributed by atoms with Crippen LogP contribution in [0.25, 0.3) is 0 Å². The number of carboxylic acids is 1. The van der Waals surface area contributed by atoms with Crippen LogP contribution in [0.5, 0.6) is 0 Å². The van der Waals surface area contributed by atoms with Gasteiger partial charge in [-0.15, -0.1) is 0 Å². The second kappa shape index (κ2) is 6.46. The van der Waals surface area contributed by atoms with Crippen LogP contribution < -0.4 is 0 Å². The number of amides is 2. The highest BCUT2D eigenvalue weighted by Crippen LogP contribution is 2.30. The summed E-state index contributed by atoms with van der Waals surface area (Å²) in [6, 6.07) is 0.326. The Morgan fingerprint density at radius 3 is 2.50 bits per heavy atom. The zero-order valence-electron chi connectivity index (χ0n) is 12.5. The molecule has 1 saturated heterocycles. The molecule has 5 heteroatoms. The Morgan fingerprint density at radius 1 is 1.25 bits per heavy atom. The van der Waals surface area contributed by atoms with Crippen molar-refractivity contribution < 1.29 is 14.7 Å². The van der Waals surface area contributed by atoms with Gasteiger partial charge in [0.1, 0.15) is 0 Å². The van der Waals surface area contributed by atoms with Crippen molar-refractivity contribution in [3.63, 3.8) is 0 Å². The number of likely N-dealkylation sites (tertiary alicyclic amines) is 1. The summed E-state index contributed by atoms with van der Waals surface area (Å²) in [5, 5.41) is 9.02. The predicted octanol–water partition coefficient (Wildman–Crippen LogP) is 2.56. The fraction of sp³-hybridized carbons (Fsp3) is 0.867. The van der Waals surface area contributed by atoms with Gasteiger partial charge in [0.25, 0.3) is 0 Å². The van der Waals surface area contributed by atoms with Crippen molar-refractivity contribution in [2.75, 3.05) is 13.1 Å². The van der Waals surface area contributed by atoms with Crippen LogP contribution >= 0.6 is 0 Å². The molecule has 0 spiro atoms. The van der Waals surface area contributed by atoms with Crippen LogP contribution in [0.2, 0.25) is 0 Å². The summed E-state index contributed by atoms with van der Waals surface area (Å²) in [6.07, 6.45) is 5.09. The molecule has 1 atom stereocenters. The van der Waals surface area contributed by atoms with Crippen molar-refractivity contribution in [3.05, 3.63) is 0 Å². The summed E-state index contributed by atoms with van der Waals surface area (Å²) in [6.45, 7) is 5.72. The molecule has 2 rings (SSSR count). The van der Waals surface area contributed by atoms with E-state index in [0.29, 0.717) is 18.5 Å². The van der Waals surface area contributed by atoms with Crippen LogP contribution in [0.4, 0.5) is 4.79 Å². The van der Waals surface area contributed by atoms with Gasteiger partial charge in [0.2, 0.25) is 0 Å². The SMILES string of the molecule is CC(C)CN(C(=O)N1CCCCC1CC(=O)O)C1CC1. The molecular weight excluding hydrogens is 256 g/mol. The van der Waals surface area contributed by atoms with Crippen LogP contribution in [-0.2, 0) is 4.79 Å². The molecule has 1 heterocycles. The molecule has 2 amide bonds. The first-order valence-corrected chi connectivity index (χ1v) is 7.78. The Morgan fingerprint density at radius 2 is 1.95 bits per heavy atom. The van der Waals surface area contributed by atoms with Crippen molar-refractivity contribution in [2.24, 2.45) is 5.92 Å². The lowest BCUT2D eigenvalue weighted by Crippen LogP contribution is -2.52. The number of carbonyl (C=O) groups is 2. The summed E-state index contributed by atoms with van der Waals surface area (Å²) in [4.78, 5) is 27.5. The molecule has 1 unspecified atom stereocenters. The van der Waals surface area contributed by atoms with E-state index < -0.39 is 5.97 Å². The van der Waals surface area contributed by atoms with Crippen LogP contribution in [0.1, 0.15) is 52.4 Å². The fourth-order valence-corrected chi connectivity index (χ4v) is 2.99. The van der Waals surface area contributed by atoms with Crippen LogP contribution in [0.15, 0.2) is 0 Å². The van der Waals surface area contributed by atoms with Gasteiger partial charge in [0.15, 0.2) is 0 Å². The van der Waals surface area contributed by atoms with Crippen molar-refractivity contribution in [1.29, 1.82) is 0 Å². The molecule has 0 bridgehead atoms. The van der Waals surface area contributed by atoms with Gasteiger partial charge in [-0.2, -0.15) is 0 Å². The average molecular weight is 282 g/mol. The lowest BCUT2D eigenvalue weighted by molar-refractivity contribution is -0.138. The molecule has 1 aliphatic heterocycles. The van der Waals surface area contributed by atoms with E-state index in [-0.39, 0.29) is 18.5 Å². The van der Waals surface area contributed by atoms with E-state index in [4.69, 9.17) is 5.11 Å². The Hall–Kier alpha value is -1.26. The van der Waals surface area contributed by atoms with Gasteiger partial charge in [0, 0.05) is 25.2 Å². The minimum atomic E-state index is -0.809. The van der Waals surface area contributed by atoms with E-state index in [1.165, 1.54) is 0 Å². The molecule has 1 aliphatic carbocycles. The molecule has 0 aromatic rings. The number of hydrogen-bond donors (Lipinski definition) is 1. The second-order valence-corrected chi connectivity index (χ2v) is 6.50. The molecule has 114 valence electrons. The normalized spacial score (nSPS) is 22.9. The Balaban J connectivity index is 2.04. The maximum Gasteiger partial charge on any atom is 0.320 e. The van der Waals surface area contributed by atoms with Gasteiger partial charge in [-0.05, 0) is 38.0 Å². The van der Waals surface area contributed by atoms with Crippen molar-refractivity contribution in [2.45, 2.75) is 64.5 Å². The number of carbonyl (C=O) groups excluding carboxylic acids is 1. The number of aliphatic carboxylic acids is 1. The van der Waals surface area contributed by atoms with Crippen molar-refractivity contribution >= 4 is 12.0 Å². The molecule has 0 radical (unpaired) electrons. The minimum Gasteiger partial charge on any atom is -0.481 e. The zero-order chi connectivity index (χ0) is 14.7. The maximum atomic E-state index is 12.8. The van der Waals surface area contributed by atoms with E-state index in [9.17, 15) is 9.59 Å². The van der Waals surface area contributed by atoms with Crippen LogP contribution in [0, 0.1) is 5.92 Å². The smallest absolute Gasteiger partial charge is 0.320 e. The molecule has 20 heavy (non-hydrogen) atoms. The summed E-state index contributed by atoms with van der Waals surface area (Å²) < 4.78 is 0. The monoisotopic (exact) mass is 282 g/mol. The number of hydrogen-bond acceptors (Lipinski definition) is 2. The predicted molar refractivity (Wildman–Crippen MR) is 76.6 cm³/mol. The highest BCUT2D eigenvalue weighted by Gasteiger charge is 2.38. The third kappa shape index (κ3) is 3.87. The number of rotatable bonds is 5. The van der Waals surface area contributed by atoms with Crippen LogP contribution in [0.3, 0.4) is 0 Å². The van der Waals surface area contributed by atoms with Crippen LogP contribution in [-0.4, -0.2) is 52.1 Å². The highest BCUT2D eigenvalue weighted by atomic mass is 16.4. The molecule has 2 fully saturated rings. The largest absolute Gasteiger partial charge is 0.481 e. The number of piperidine rings is 1.